The van der Waals surface area contributed by atoms with Gasteiger partial charge in [0.05, 0.1) is 0 Å². The molecule has 0 radical (unpaired) electrons. The zero-order valence-corrected chi connectivity index (χ0v) is 19.1. The van der Waals surface area contributed by atoms with E-state index in [0.717, 1.165) is 42.4 Å². The summed E-state index contributed by atoms with van der Waals surface area (Å²) in [5.74, 6) is 5.84. The van der Waals surface area contributed by atoms with Crippen LogP contribution in [0.2, 0.25) is 0 Å². The Balaban J connectivity index is 1.47. The van der Waals surface area contributed by atoms with Crippen molar-refractivity contribution in [3.8, 4) is 0 Å². The Labute approximate surface area is 174 Å². The fourth-order valence-corrected chi connectivity index (χ4v) is 8.95. The van der Waals surface area contributed by atoms with Gasteiger partial charge in [-0.2, -0.15) is 0 Å². The van der Waals surface area contributed by atoms with Crippen LogP contribution in [0.15, 0.2) is 12.2 Å². The van der Waals surface area contributed by atoms with E-state index in [1.165, 1.54) is 69.8 Å². The lowest BCUT2D eigenvalue weighted by molar-refractivity contribution is -0.140. The summed E-state index contributed by atoms with van der Waals surface area (Å²) >= 11 is 0. The molecule has 0 amide bonds. The van der Waals surface area contributed by atoms with E-state index < -0.39 is 0 Å². The van der Waals surface area contributed by atoms with Crippen molar-refractivity contribution in [1.82, 2.24) is 0 Å². The predicted octanol–water partition coefficient (Wildman–Crippen LogP) is 7.60. The van der Waals surface area contributed by atoms with Crippen LogP contribution < -0.4 is 0 Å². The van der Waals surface area contributed by atoms with Crippen LogP contribution in [0.3, 0.4) is 0 Å². The second-order valence-corrected chi connectivity index (χ2v) is 12.0. The maximum absolute atomic E-state index is 12.1. The third-order valence-corrected chi connectivity index (χ3v) is 10.5. The number of Topliss-reactive ketones (excluding diaryl/α,β-unsaturated/α-hetero) is 1. The predicted molar refractivity (Wildman–Crippen MR) is 118 cm³/mol. The SMILES string of the molecule is C=C(C)CCC[C@@H](C)[C@H]1CC[C@H]2[C@@H]3CC[C@H]4CC(=O)CC[C@]4(C)[C@H]3CC[C@]12C. The highest BCUT2D eigenvalue weighted by molar-refractivity contribution is 5.79. The summed E-state index contributed by atoms with van der Waals surface area (Å²) in [6, 6.07) is 0. The van der Waals surface area contributed by atoms with Gasteiger partial charge in [-0.05, 0) is 111 Å². The summed E-state index contributed by atoms with van der Waals surface area (Å²) in [4.78, 5) is 12.1. The molecule has 4 fully saturated rings. The first kappa shape index (κ1) is 20.7. The molecule has 4 saturated carbocycles. The maximum atomic E-state index is 12.1. The summed E-state index contributed by atoms with van der Waals surface area (Å²) < 4.78 is 0. The van der Waals surface area contributed by atoms with Gasteiger partial charge in [0, 0.05) is 12.8 Å². The van der Waals surface area contributed by atoms with Crippen LogP contribution in [0.25, 0.3) is 0 Å². The van der Waals surface area contributed by atoms with Crippen molar-refractivity contribution in [2.24, 2.45) is 46.3 Å². The number of rotatable bonds is 5. The third kappa shape index (κ3) is 3.33. The van der Waals surface area contributed by atoms with Crippen LogP contribution in [-0.4, -0.2) is 5.78 Å². The summed E-state index contributed by atoms with van der Waals surface area (Å²) in [6.07, 6.45) is 15.4. The first-order valence-corrected chi connectivity index (χ1v) is 12.4. The molecule has 0 spiro atoms. The van der Waals surface area contributed by atoms with E-state index in [2.05, 4.69) is 34.3 Å². The molecule has 8 atom stereocenters. The monoisotopic (exact) mass is 384 g/mol. The molecule has 4 rings (SSSR count). The quantitative estimate of drug-likeness (QED) is 0.446. The van der Waals surface area contributed by atoms with Gasteiger partial charge in [-0.3, -0.25) is 4.79 Å². The first-order chi connectivity index (χ1) is 13.3. The second kappa shape index (κ2) is 7.59. The van der Waals surface area contributed by atoms with Crippen molar-refractivity contribution in [1.29, 1.82) is 0 Å². The Morgan fingerprint density at radius 2 is 1.82 bits per heavy atom. The van der Waals surface area contributed by atoms with Gasteiger partial charge < -0.3 is 0 Å². The summed E-state index contributed by atoms with van der Waals surface area (Å²) in [5.41, 5.74) is 2.39. The average Bonchev–Trinajstić information content (AvgIpc) is 2.99. The van der Waals surface area contributed by atoms with Crippen molar-refractivity contribution in [3.63, 3.8) is 0 Å². The molecule has 0 N–H and O–H groups in total. The van der Waals surface area contributed by atoms with E-state index in [1.54, 1.807) is 0 Å². The van der Waals surface area contributed by atoms with Crippen LogP contribution in [0.5, 0.6) is 0 Å². The van der Waals surface area contributed by atoms with Crippen molar-refractivity contribution in [2.45, 2.75) is 105 Å². The van der Waals surface area contributed by atoms with Gasteiger partial charge in [0.1, 0.15) is 5.78 Å². The van der Waals surface area contributed by atoms with E-state index in [0.29, 0.717) is 22.5 Å². The molecule has 1 nitrogen and oxygen atoms in total. The number of hydrogen-bond donors (Lipinski definition) is 0. The molecule has 0 bridgehead atoms. The van der Waals surface area contributed by atoms with Crippen molar-refractivity contribution in [2.75, 3.05) is 0 Å². The van der Waals surface area contributed by atoms with Crippen molar-refractivity contribution >= 4 is 5.78 Å². The van der Waals surface area contributed by atoms with E-state index >= 15 is 0 Å². The minimum absolute atomic E-state index is 0.462. The molecule has 0 aromatic heterocycles. The molecule has 0 aromatic carbocycles. The molecule has 1 heteroatoms. The zero-order chi connectivity index (χ0) is 20.1. The highest BCUT2D eigenvalue weighted by atomic mass is 16.1. The minimum atomic E-state index is 0.462. The lowest BCUT2D eigenvalue weighted by atomic mass is 9.44. The van der Waals surface area contributed by atoms with Crippen LogP contribution in [0, 0.1) is 46.3 Å². The summed E-state index contributed by atoms with van der Waals surface area (Å²) in [7, 11) is 0. The molecule has 158 valence electrons. The largest absolute Gasteiger partial charge is 0.300 e. The standard InChI is InChI=1S/C27H44O/c1-18(2)7-6-8-19(3)23-11-12-24-22-10-9-20-17-21(28)13-15-26(20,4)25(22)14-16-27(23,24)5/h19-20,22-25H,1,6-17H2,2-5H3/t19-,20+,22+,23-,24+,25+,26+,27-/m1/s1. The molecule has 28 heavy (non-hydrogen) atoms. The number of carbonyl (C=O) groups is 1. The topological polar surface area (TPSA) is 17.1 Å². The van der Waals surface area contributed by atoms with Gasteiger partial charge in [0.15, 0.2) is 0 Å². The van der Waals surface area contributed by atoms with Gasteiger partial charge >= 0.3 is 0 Å². The van der Waals surface area contributed by atoms with Crippen LogP contribution in [0.1, 0.15) is 105 Å². The average molecular weight is 385 g/mol. The molecular weight excluding hydrogens is 340 g/mol. The molecule has 0 aromatic rings. The lowest BCUT2D eigenvalue weighted by Crippen LogP contribution is -2.53. The molecule has 4 aliphatic rings. The van der Waals surface area contributed by atoms with Crippen molar-refractivity contribution in [3.05, 3.63) is 12.2 Å². The Hall–Kier alpha value is -0.590. The Bertz CT molecular complexity index is 620. The summed E-state index contributed by atoms with van der Waals surface area (Å²) in [5, 5.41) is 0. The Morgan fingerprint density at radius 3 is 2.57 bits per heavy atom. The van der Waals surface area contributed by atoms with Gasteiger partial charge in [0.25, 0.3) is 0 Å². The Morgan fingerprint density at radius 1 is 1.07 bits per heavy atom. The molecule has 0 unspecified atom stereocenters. The Kier molecular flexibility index (Phi) is 5.60. The number of hydrogen-bond acceptors (Lipinski definition) is 1. The van der Waals surface area contributed by atoms with E-state index in [9.17, 15) is 4.79 Å². The molecule has 0 aliphatic heterocycles. The number of ketones is 1. The van der Waals surface area contributed by atoms with Gasteiger partial charge in [0.2, 0.25) is 0 Å². The number of allylic oxidation sites excluding steroid dienone is 1. The fourth-order valence-electron chi connectivity index (χ4n) is 8.95. The minimum Gasteiger partial charge on any atom is -0.300 e. The molecule has 0 saturated heterocycles. The maximum Gasteiger partial charge on any atom is 0.133 e. The molecular formula is C27H44O. The molecule has 4 aliphatic carbocycles. The van der Waals surface area contributed by atoms with Gasteiger partial charge in [-0.1, -0.05) is 32.8 Å². The summed E-state index contributed by atoms with van der Waals surface area (Å²) in [6.45, 7) is 14.1. The van der Waals surface area contributed by atoms with Crippen LogP contribution in [0.4, 0.5) is 0 Å². The highest BCUT2D eigenvalue weighted by Crippen LogP contribution is 2.68. The van der Waals surface area contributed by atoms with Gasteiger partial charge in [-0.25, -0.2) is 0 Å². The van der Waals surface area contributed by atoms with Crippen LogP contribution >= 0.6 is 0 Å². The second-order valence-electron chi connectivity index (χ2n) is 12.0. The van der Waals surface area contributed by atoms with Gasteiger partial charge in [-0.15, -0.1) is 6.58 Å². The lowest BCUT2D eigenvalue weighted by Gasteiger charge is -2.60. The van der Waals surface area contributed by atoms with Crippen molar-refractivity contribution < 1.29 is 4.79 Å². The normalized spacial score (nSPS) is 46.4. The smallest absolute Gasteiger partial charge is 0.133 e. The highest BCUT2D eigenvalue weighted by Gasteiger charge is 2.60. The molecule has 0 heterocycles. The van der Waals surface area contributed by atoms with Crippen LogP contribution in [-0.2, 0) is 4.79 Å². The third-order valence-electron chi connectivity index (χ3n) is 10.5. The fraction of sp³-hybridized carbons (Fsp3) is 0.889. The van der Waals surface area contributed by atoms with E-state index in [1.807, 2.05) is 0 Å². The first-order valence-electron chi connectivity index (χ1n) is 12.4. The van der Waals surface area contributed by atoms with E-state index in [-0.39, 0.29) is 0 Å². The number of fused-ring (bicyclic) bond motifs is 5. The zero-order valence-electron chi connectivity index (χ0n) is 19.1. The number of carbonyl (C=O) groups excluding carboxylic acids is 1. The van der Waals surface area contributed by atoms with E-state index in [4.69, 9.17) is 0 Å².